The Bertz CT molecular complexity index is 434. The van der Waals surface area contributed by atoms with Crippen LogP contribution in [0.25, 0.3) is 0 Å². The summed E-state index contributed by atoms with van der Waals surface area (Å²) in [5, 5.41) is 19.2. The highest BCUT2D eigenvalue weighted by molar-refractivity contribution is 5.48. The predicted octanol–water partition coefficient (Wildman–Crippen LogP) is 2.09. The van der Waals surface area contributed by atoms with Gasteiger partial charge in [-0.05, 0) is 49.1 Å². The van der Waals surface area contributed by atoms with Gasteiger partial charge in [-0.3, -0.25) is 4.90 Å². The molecule has 0 aromatic heterocycles. The lowest BCUT2D eigenvalue weighted by Crippen LogP contribution is -2.36. The van der Waals surface area contributed by atoms with Crippen molar-refractivity contribution in [1.29, 1.82) is 0 Å². The molecule has 2 rings (SSSR count). The highest BCUT2D eigenvalue weighted by Crippen LogP contribution is 2.38. The van der Waals surface area contributed by atoms with Gasteiger partial charge >= 0.3 is 0 Å². The van der Waals surface area contributed by atoms with E-state index in [1.165, 1.54) is 5.56 Å². The van der Waals surface area contributed by atoms with Crippen LogP contribution in [0.15, 0.2) is 12.1 Å². The molecule has 1 atom stereocenters. The van der Waals surface area contributed by atoms with Crippen LogP contribution in [-0.4, -0.2) is 41.9 Å². The van der Waals surface area contributed by atoms with Crippen LogP contribution >= 0.6 is 0 Å². The van der Waals surface area contributed by atoms with E-state index in [0.29, 0.717) is 12.2 Å². The Balaban J connectivity index is 2.36. The van der Waals surface area contributed by atoms with E-state index in [1.807, 2.05) is 6.07 Å². The molecule has 1 aromatic carbocycles. The zero-order valence-electron chi connectivity index (χ0n) is 11.7. The quantitative estimate of drug-likeness (QED) is 0.856. The minimum atomic E-state index is 0.164. The summed E-state index contributed by atoms with van der Waals surface area (Å²) < 4.78 is 5.17. The molecule has 2 N–H and O–H groups in total. The minimum Gasteiger partial charge on any atom is -0.504 e. The molecule has 1 unspecified atom stereocenters. The first-order valence-electron chi connectivity index (χ1n) is 6.96. The van der Waals surface area contributed by atoms with Gasteiger partial charge in [-0.25, -0.2) is 0 Å². The van der Waals surface area contributed by atoms with Gasteiger partial charge in [0, 0.05) is 19.2 Å². The molecule has 1 aliphatic rings. The van der Waals surface area contributed by atoms with Crippen molar-refractivity contribution < 1.29 is 14.9 Å². The second-order valence-corrected chi connectivity index (χ2v) is 5.04. The van der Waals surface area contributed by atoms with Crippen LogP contribution in [0, 0.1) is 0 Å². The topological polar surface area (TPSA) is 52.9 Å². The van der Waals surface area contributed by atoms with E-state index in [9.17, 15) is 10.2 Å². The maximum absolute atomic E-state index is 9.96. The maximum atomic E-state index is 9.96. The number of nitrogens with zero attached hydrogens (tertiary/aromatic N) is 1. The normalized spacial score (nSPS) is 19.2. The first-order valence-corrected chi connectivity index (χ1v) is 6.96. The molecular weight excluding hydrogens is 242 g/mol. The summed E-state index contributed by atoms with van der Waals surface area (Å²) in [5.41, 5.74) is 2.35. The number of fused-ring (bicyclic) bond motifs is 1. The molecule has 0 spiro atoms. The molecule has 0 fully saturated rings. The number of aliphatic hydroxyl groups is 1. The molecule has 0 radical (unpaired) electrons. The number of ether oxygens (including phenoxy) is 1. The van der Waals surface area contributed by atoms with Crippen molar-refractivity contribution >= 4 is 0 Å². The molecule has 0 saturated carbocycles. The van der Waals surface area contributed by atoms with Crippen LogP contribution in [0.4, 0.5) is 0 Å². The van der Waals surface area contributed by atoms with E-state index in [2.05, 4.69) is 11.8 Å². The number of phenols is 1. The van der Waals surface area contributed by atoms with Crippen molar-refractivity contribution in [3.63, 3.8) is 0 Å². The fraction of sp³-hybridized carbons (Fsp3) is 0.600. The summed E-state index contributed by atoms with van der Waals surface area (Å²) in [5.74, 6) is 0.716. The number of benzene rings is 1. The first kappa shape index (κ1) is 14.2. The van der Waals surface area contributed by atoms with E-state index >= 15 is 0 Å². The van der Waals surface area contributed by atoms with Crippen LogP contribution in [0.2, 0.25) is 0 Å². The lowest BCUT2D eigenvalue weighted by molar-refractivity contribution is 0.147. The van der Waals surface area contributed by atoms with Crippen molar-refractivity contribution in [3.8, 4) is 11.5 Å². The maximum Gasteiger partial charge on any atom is 0.160 e. The largest absolute Gasteiger partial charge is 0.504 e. The summed E-state index contributed by atoms with van der Waals surface area (Å²) in [7, 11) is 1.57. The minimum absolute atomic E-state index is 0.164. The molecule has 1 aromatic rings. The number of phenolic OH excluding ortho intramolecular Hbond substituents is 1. The molecule has 0 aliphatic carbocycles. The zero-order valence-corrected chi connectivity index (χ0v) is 11.7. The fourth-order valence-electron chi connectivity index (χ4n) is 2.95. The lowest BCUT2D eigenvalue weighted by Gasteiger charge is -2.37. The van der Waals surface area contributed by atoms with Gasteiger partial charge in [0.2, 0.25) is 0 Å². The number of hydrogen-bond donors (Lipinski definition) is 2. The molecule has 0 bridgehead atoms. The third kappa shape index (κ3) is 2.85. The van der Waals surface area contributed by atoms with E-state index in [4.69, 9.17) is 4.74 Å². The van der Waals surface area contributed by atoms with E-state index < -0.39 is 0 Å². The van der Waals surface area contributed by atoms with Crippen molar-refractivity contribution in [2.24, 2.45) is 0 Å². The van der Waals surface area contributed by atoms with E-state index in [0.717, 1.165) is 31.5 Å². The third-order valence-electron chi connectivity index (χ3n) is 3.82. The highest BCUT2D eigenvalue weighted by Gasteiger charge is 2.27. The fourth-order valence-corrected chi connectivity index (χ4v) is 2.95. The summed E-state index contributed by atoms with van der Waals surface area (Å²) in [6, 6.07) is 3.93. The lowest BCUT2D eigenvalue weighted by atomic mass is 9.90. The van der Waals surface area contributed by atoms with Gasteiger partial charge in [0.15, 0.2) is 11.5 Å². The van der Waals surface area contributed by atoms with Gasteiger partial charge < -0.3 is 14.9 Å². The van der Waals surface area contributed by atoms with E-state index in [1.54, 1.807) is 13.2 Å². The highest BCUT2D eigenvalue weighted by atomic mass is 16.5. The van der Waals surface area contributed by atoms with Crippen LogP contribution in [0.1, 0.15) is 36.9 Å². The Morgan fingerprint density at radius 2 is 2.21 bits per heavy atom. The predicted molar refractivity (Wildman–Crippen MR) is 74.7 cm³/mol. The van der Waals surface area contributed by atoms with Crippen LogP contribution < -0.4 is 4.74 Å². The van der Waals surface area contributed by atoms with Crippen LogP contribution in [-0.2, 0) is 6.42 Å². The second kappa shape index (κ2) is 6.26. The Morgan fingerprint density at radius 3 is 2.84 bits per heavy atom. The number of aromatic hydroxyl groups is 1. The monoisotopic (exact) mass is 265 g/mol. The molecule has 1 aliphatic heterocycles. The Morgan fingerprint density at radius 1 is 1.42 bits per heavy atom. The average Bonchev–Trinajstić information content (AvgIpc) is 2.41. The van der Waals surface area contributed by atoms with Crippen molar-refractivity contribution in [2.45, 2.75) is 32.2 Å². The molecule has 0 amide bonds. The molecule has 106 valence electrons. The van der Waals surface area contributed by atoms with Crippen LogP contribution in [0.5, 0.6) is 11.5 Å². The molecule has 4 heteroatoms. The molecular formula is C15H23NO3. The van der Waals surface area contributed by atoms with Crippen molar-refractivity contribution in [1.82, 2.24) is 4.90 Å². The summed E-state index contributed by atoms with van der Waals surface area (Å²) >= 11 is 0. The summed E-state index contributed by atoms with van der Waals surface area (Å²) in [6.07, 6.45) is 2.77. The standard InChI is InChI=1S/C15H23NO3/c1-3-6-16-7-4-11-9-15(19-2)14(18)10-12(11)13(16)5-8-17/h9-10,13,17-18H,3-8H2,1-2H3. The summed E-state index contributed by atoms with van der Waals surface area (Å²) in [6.45, 7) is 4.35. The van der Waals surface area contributed by atoms with E-state index in [-0.39, 0.29) is 18.4 Å². The summed E-state index contributed by atoms with van der Waals surface area (Å²) in [4.78, 5) is 2.39. The number of methoxy groups -OCH3 is 1. The number of rotatable bonds is 5. The first-order chi connectivity index (χ1) is 9.21. The smallest absolute Gasteiger partial charge is 0.160 e. The van der Waals surface area contributed by atoms with Crippen LogP contribution in [0.3, 0.4) is 0 Å². The molecule has 0 saturated heterocycles. The van der Waals surface area contributed by atoms with Gasteiger partial charge in [0.25, 0.3) is 0 Å². The Labute approximate surface area is 114 Å². The van der Waals surface area contributed by atoms with Gasteiger partial charge in [0.1, 0.15) is 0 Å². The Kier molecular flexibility index (Phi) is 4.66. The average molecular weight is 265 g/mol. The Hall–Kier alpha value is -1.26. The number of hydrogen-bond acceptors (Lipinski definition) is 4. The number of aliphatic hydroxyl groups excluding tert-OH is 1. The van der Waals surface area contributed by atoms with Gasteiger partial charge in [-0.15, -0.1) is 0 Å². The molecule has 1 heterocycles. The molecule has 19 heavy (non-hydrogen) atoms. The van der Waals surface area contributed by atoms with Crippen molar-refractivity contribution in [2.75, 3.05) is 26.8 Å². The SMILES string of the molecule is CCCN1CCc2cc(OC)c(O)cc2C1CCO. The van der Waals surface area contributed by atoms with Gasteiger partial charge in [-0.2, -0.15) is 0 Å². The zero-order chi connectivity index (χ0) is 13.8. The van der Waals surface area contributed by atoms with Gasteiger partial charge in [0.05, 0.1) is 7.11 Å². The van der Waals surface area contributed by atoms with Gasteiger partial charge in [-0.1, -0.05) is 6.92 Å². The second-order valence-electron chi connectivity index (χ2n) is 5.04. The molecule has 4 nitrogen and oxygen atoms in total. The third-order valence-corrected chi connectivity index (χ3v) is 3.82. The van der Waals surface area contributed by atoms with Crippen molar-refractivity contribution in [3.05, 3.63) is 23.3 Å².